The van der Waals surface area contributed by atoms with Crippen LogP contribution in [0.15, 0.2) is 0 Å². The van der Waals surface area contributed by atoms with Crippen LogP contribution in [-0.2, 0) is 11.4 Å². The first-order valence-corrected chi connectivity index (χ1v) is 8.38. The SMILES string of the molecule is CCC(C)[O][AlH-]([O]C(C)CC)[O]C(C)CC.[Li+]. The molecule has 0 heterocycles. The molecule has 17 heavy (non-hydrogen) atoms. The van der Waals surface area contributed by atoms with Gasteiger partial charge in [0, 0.05) is 0 Å². The van der Waals surface area contributed by atoms with Gasteiger partial charge >= 0.3 is 34.0 Å². The van der Waals surface area contributed by atoms with Gasteiger partial charge in [-0.25, -0.2) is 0 Å². The predicted octanol–water partition coefficient (Wildman–Crippen LogP) is 0.153. The van der Waals surface area contributed by atoms with E-state index in [1.165, 1.54) is 0 Å². The molecule has 3 nitrogen and oxygen atoms in total. The standard InChI is InChI=1S/3C4H9O.Al.Li.H/c3*1-3-4(2)5;;;/h3*4H,3H2,1-2H3;;;/q3*-1;+2;+1;. The van der Waals surface area contributed by atoms with Gasteiger partial charge in [0.1, 0.15) is 0 Å². The molecule has 0 saturated carbocycles. The van der Waals surface area contributed by atoms with E-state index >= 15 is 0 Å². The normalized spacial score (nSPS) is 18.0. The quantitative estimate of drug-likeness (QED) is 0.548. The fourth-order valence-corrected chi connectivity index (χ4v) is 3.50. The van der Waals surface area contributed by atoms with E-state index in [0.29, 0.717) is 0 Å². The maximum atomic E-state index is 5.88. The molecule has 0 fully saturated rings. The van der Waals surface area contributed by atoms with Crippen molar-refractivity contribution in [3.05, 3.63) is 0 Å². The summed E-state index contributed by atoms with van der Waals surface area (Å²) in [7, 11) is 0. The molecule has 98 valence electrons. The van der Waals surface area contributed by atoms with Crippen LogP contribution in [0.4, 0.5) is 0 Å². The van der Waals surface area contributed by atoms with E-state index in [1.807, 2.05) is 0 Å². The van der Waals surface area contributed by atoms with E-state index in [9.17, 15) is 0 Å². The van der Waals surface area contributed by atoms with Gasteiger partial charge in [-0.3, -0.25) is 0 Å². The van der Waals surface area contributed by atoms with Crippen molar-refractivity contribution in [1.82, 2.24) is 0 Å². The maximum Gasteiger partial charge on any atom is 1.00 e. The van der Waals surface area contributed by atoms with Gasteiger partial charge in [0.25, 0.3) is 0 Å². The Bertz CT molecular complexity index is 143. The Morgan fingerprint density at radius 3 is 1.12 bits per heavy atom. The summed E-state index contributed by atoms with van der Waals surface area (Å²) < 4.78 is 17.6. The Labute approximate surface area is 124 Å². The van der Waals surface area contributed by atoms with Crippen molar-refractivity contribution < 1.29 is 30.2 Å². The zero-order valence-corrected chi connectivity index (χ0v) is 14.2. The third kappa shape index (κ3) is 10.6. The minimum absolute atomic E-state index is 0. The summed E-state index contributed by atoms with van der Waals surface area (Å²) in [5.74, 6) is 0. The summed E-state index contributed by atoms with van der Waals surface area (Å²) in [5.41, 5.74) is 0. The molecule has 0 N–H and O–H groups in total. The molecule has 0 spiro atoms. The van der Waals surface area contributed by atoms with Gasteiger partial charge in [0.2, 0.25) is 0 Å². The molecular weight excluding hydrogens is 226 g/mol. The van der Waals surface area contributed by atoms with Crippen molar-refractivity contribution in [3.63, 3.8) is 0 Å². The van der Waals surface area contributed by atoms with E-state index in [2.05, 4.69) is 41.5 Å². The molecule has 0 rings (SSSR count). The summed E-state index contributed by atoms with van der Waals surface area (Å²) in [4.78, 5) is 0. The van der Waals surface area contributed by atoms with E-state index in [1.54, 1.807) is 0 Å². The minimum atomic E-state index is -2.34. The Morgan fingerprint density at radius 2 is 0.941 bits per heavy atom. The molecule has 0 aliphatic heterocycles. The zero-order valence-electron chi connectivity index (χ0n) is 12.8. The van der Waals surface area contributed by atoms with E-state index in [-0.39, 0.29) is 37.2 Å². The molecule has 5 heteroatoms. The number of hydrogen-bond acceptors (Lipinski definition) is 3. The van der Waals surface area contributed by atoms with Crippen LogP contribution in [0.3, 0.4) is 0 Å². The summed E-state index contributed by atoms with van der Waals surface area (Å²) in [6.45, 7) is 12.6. The van der Waals surface area contributed by atoms with Crippen LogP contribution >= 0.6 is 0 Å². The molecule has 0 aromatic rings. The zero-order chi connectivity index (χ0) is 12.6. The third-order valence-electron chi connectivity index (χ3n) is 2.99. The minimum Gasteiger partial charge on any atom is -0.613 e. The first kappa shape index (κ1) is 20.3. The molecular formula is C12H28AlLiO3. The molecule has 3 unspecified atom stereocenters. The number of rotatable bonds is 9. The fourth-order valence-electron chi connectivity index (χ4n) is 1.17. The second-order valence-electron chi connectivity index (χ2n) is 4.51. The molecule has 0 saturated heterocycles. The van der Waals surface area contributed by atoms with Crippen LogP contribution in [0.2, 0.25) is 0 Å². The van der Waals surface area contributed by atoms with E-state index in [4.69, 9.17) is 11.4 Å². The van der Waals surface area contributed by atoms with Gasteiger partial charge in [-0.05, 0) is 58.3 Å². The van der Waals surface area contributed by atoms with E-state index in [0.717, 1.165) is 19.3 Å². The van der Waals surface area contributed by atoms with Crippen LogP contribution in [0.25, 0.3) is 0 Å². The van der Waals surface area contributed by atoms with Crippen molar-refractivity contribution in [2.24, 2.45) is 0 Å². The van der Waals surface area contributed by atoms with Crippen LogP contribution in [-0.4, -0.2) is 33.5 Å². The summed E-state index contributed by atoms with van der Waals surface area (Å²) in [5, 5.41) is 0. The second kappa shape index (κ2) is 12.1. The van der Waals surface area contributed by atoms with Gasteiger partial charge in [-0.2, -0.15) is 0 Å². The van der Waals surface area contributed by atoms with Gasteiger partial charge in [0.15, 0.2) is 0 Å². The average molecular weight is 254 g/mol. The first-order chi connectivity index (χ1) is 7.53. The molecule has 0 aromatic heterocycles. The Hall–Kier alpha value is 1.01. The molecule has 0 aliphatic carbocycles. The Kier molecular flexibility index (Phi) is 14.4. The summed E-state index contributed by atoms with van der Waals surface area (Å²) >= 11 is -2.34. The monoisotopic (exact) mass is 254 g/mol. The Balaban J connectivity index is 0. The fraction of sp³-hybridized carbons (Fsp3) is 1.00. The van der Waals surface area contributed by atoms with Crippen LogP contribution in [0.5, 0.6) is 0 Å². The smallest absolute Gasteiger partial charge is 0.613 e. The Morgan fingerprint density at radius 1 is 0.706 bits per heavy atom. The molecule has 3 atom stereocenters. The predicted molar refractivity (Wildman–Crippen MR) is 69.7 cm³/mol. The van der Waals surface area contributed by atoms with Crippen molar-refractivity contribution in [3.8, 4) is 0 Å². The molecule has 0 amide bonds. The summed E-state index contributed by atoms with van der Waals surface area (Å²) in [6, 6.07) is 0. The number of hydrogen-bond donors (Lipinski definition) is 0. The molecule has 0 bridgehead atoms. The van der Waals surface area contributed by atoms with Crippen molar-refractivity contribution in [2.45, 2.75) is 79.1 Å². The molecule has 0 aliphatic rings. The van der Waals surface area contributed by atoms with Crippen molar-refractivity contribution in [1.29, 1.82) is 0 Å². The summed E-state index contributed by atoms with van der Waals surface area (Å²) in [6.07, 6.45) is 3.75. The molecule has 0 aromatic carbocycles. The third-order valence-corrected chi connectivity index (χ3v) is 5.51. The second-order valence-corrected chi connectivity index (χ2v) is 6.22. The van der Waals surface area contributed by atoms with Crippen LogP contribution in [0.1, 0.15) is 60.8 Å². The van der Waals surface area contributed by atoms with Gasteiger partial charge in [-0.15, -0.1) is 0 Å². The first-order valence-electron chi connectivity index (χ1n) is 6.65. The van der Waals surface area contributed by atoms with Crippen LogP contribution in [0, 0.1) is 0 Å². The van der Waals surface area contributed by atoms with Crippen molar-refractivity contribution in [2.75, 3.05) is 0 Å². The van der Waals surface area contributed by atoms with Gasteiger partial charge in [0.05, 0.1) is 0 Å². The van der Waals surface area contributed by atoms with Crippen molar-refractivity contribution >= 4 is 15.1 Å². The molecule has 0 radical (unpaired) electrons. The largest absolute Gasteiger partial charge is 1.00 e. The van der Waals surface area contributed by atoms with Gasteiger partial charge < -0.3 is 11.4 Å². The van der Waals surface area contributed by atoms with Gasteiger partial charge in [-0.1, -0.05) is 20.8 Å². The van der Waals surface area contributed by atoms with Crippen LogP contribution < -0.4 is 18.9 Å². The topological polar surface area (TPSA) is 27.7 Å². The maximum absolute atomic E-state index is 5.88. The van der Waals surface area contributed by atoms with E-state index < -0.39 is 15.1 Å². The average Bonchev–Trinajstić information content (AvgIpc) is 2.28.